The molecule has 0 bridgehead atoms. The van der Waals surface area contributed by atoms with E-state index in [1.807, 2.05) is 11.8 Å². The molecule has 2 nitrogen and oxygen atoms in total. The van der Waals surface area contributed by atoms with Crippen molar-refractivity contribution in [3.8, 4) is 0 Å². The van der Waals surface area contributed by atoms with E-state index in [1.54, 1.807) is 0 Å². The van der Waals surface area contributed by atoms with Crippen LogP contribution in [0.15, 0.2) is 0 Å². The molecule has 0 spiro atoms. The highest BCUT2D eigenvalue weighted by Crippen LogP contribution is 2.07. The van der Waals surface area contributed by atoms with Crippen molar-refractivity contribution >= 4 is 11.8 Å². The zero-order valence-corrected chi connectivity index (χ0v) is 7.87. The van der Waals surface area contributed by atoms with Gasteiger partial charge in [0.1, 0.15) is 0 Å². The van der Waals surface area contributed by atoms with Gasteiger partial charge in [-0.15, -0.1) is 0 Å². The van der Waals surface area contributed by atoms with Crippen LogP contribution in [0.5, 0.6) is 0 Å². The van der Waals surface area contributed by atoms with E-state index in [2.05, 4.69) is 25.5 Å². The van der Waals surface area contributed by atoms with Crippen molar-refractivity contribution in [2.45, 2.75) is 26.3 Å². The number of hydrogen-bond acceptors (Lipinski definition) is 3. The summed E-state index contributed by atoms with van der Waals surface area (Å²) in [5.74, 6) is 7.18. The number of rotatable bonds is 5. The van der Waals surface area contributed by atoms with Gasteiger partial charge in [-0.05, 0) is 18.6 Å². The molecule has 0 aromatic heterocycles. The molecule has 0 aliphatic carbocycles. The molecule has 0 heterocycles. The predicted molar refractivity (Wildman–Crippen MR) is 48.9 cm³/mol. The monoisotopic (exact) mass is 162 g/mol. The molecule has 1 unspecified atom stereocenters. The van der Waals surface area contributed by atoms with Crippen LogP contribution in [0.3, 0.4) is 0 Å². The van der Waals surface area contributed by atoms with E-state index in [4.69, 9.17) is 5.84 Å². The molecule has 3 N–H and O–H groups in total. The average Bonchev–Trinajstić information content (AvgIpc) is 1.86. The molecule has 0 aliphatic rings. The van der Waals surface area contributed by atoms with Gasteiger partial charge < -0.3 is 0 Å². The molecule has 62 valence electrons. The lowest BCUT2D eigenvalue weighted by molar-refractivity contribution is 0.456. The quantitative estimate of drug-likeness (QED) is 0.471. The summed E-state index contributed by atoms with van der Waals surface area (Å²) in [5.41, 5.74) is 2.81. The number of thioether (sulfide) groups is 1. The Kier molecular flexibility index (Phi) is 6.17. The summed E-state index contributed by atoms with van der Waals surface area (Å²) >= 11 is 1.83. The maximum Gasteiger partial charge on any atom is 0.0303 e. The van der Waals surface area contributed by atoms with Crippen molar-refractivity contribution in [1.82, 2.24) is 5.43 Å². The molecular weight excluding hydrogens is 144 g/mol. The summed E-state index contributed by atoms with van der Waals surface area (Å²) in [6.07, 6.45) is 3.27. The van der Waals surface area contributed by atoms with Crippen LogP contribution in [0.2, 0.25) is 0 Å². The Hall–Kier alpha value is 0.270. The second kappa shape index (κ2) is 6.01. The predicted octanol–water partition coefficient (Wildman–Crippen LogP) is 1.23. The van der Waals surface area contributed by atoms with Gasteiger partial charge in [-0.2, -0.15) is 11.8 Å². The van der Waals surface area contributed by atoms with Gasteiger partial charge in [0.25, 0.3) is 0 Å². The summed E-state index contributed by atoms with van der Waals surface area (Å²) < 4.78 is 0. The number of nitrogens with one attached hydrogen (secondary N) is 1. The lowest BCUT2D eigenvalue weighted by Crippen LogP contribution is -2.37. The first-order chi connectivity index (χ1) is 4.70. The van der Waals surface area contributed by atoms with Gasteiger partial charge in [0.2, 0.25) is 0 Å². The SMILES string of the molecule is CSCC(CC(C)C)NN. The normalized spacial score (nSPS) is 14.1. The Morgan fingerprint density at radius 3 is 2.40 bits per heavy atom. The summed E-state index contributed by atoms with van der Waals surface area (Å²) in [7, 11) is 0. The summed E-state index contributed by atoms with van der Waals surface area (Å²) in [4.78, 5) is 0. The smallest absolute Gasteiger partial charge is 0.0303 e. The third-order valence-electron chi connectivity index (χ3n) is 1.36. The van der Waals surface area contributed by atoms with Crippen LogP contribution < -0.4 is 11.3 Å². The Labute approximate surface area is 67.9 Å². The van der Waals surface area contributed by atoms with Crippen LogP contribution in [0.1, 0.15) is 20.3 Å². The Bertz CT molecular complexity index is 76.0. The highest BCUT2D eigenvalue weighted by molar-refractivity contribution is 7.98. The zero-order chi connectivity index (χ0) is 7.98. The molecule has 10 heavy (non-hydrogen) atoms. The zero-order valence-electron chi connectivity index (χ0n) is 7.05. The Morgan fingerprint density at radius 1 is 1.50 bits per heavy atom. The van der Waals surface area contributed by atoms with Crippen LogP contribution in [0.25, 0.3) is 0 Å². The molecule has 0 aromatic rings. The largest absolute Gasteiger partial charge is 0.271 e. The summed E-state index contributed by atoms with van der Waals surface area (Å²) in [6.45, 7) is 4.43. The Balaban J connectivity index is 3.39. The van der Waals surface area contributed by atoms with Gasteiger partial charge in [-0.25, -0.2) is 0 Å². The molecule has 0 rings (SSSR count). The summed E-state index contributed by atoms with van der Waals surface area (Å²) in [5, 5.41) is 0. The van der Waals surface area contributed by atoms with Crippen LogP contribution in [-0.2, 0) is 0 Å². The fraction of sp³-hybridized carbons (Fsp3) is 1.00. The van der Waals surface area contributed by atoms with Crippen LogP contribution in [0.4, 0.5) is 0 Å². The highest BCUT2D eigenvalue weighted by atomic mass is 32.2. The molecular formula is C7H18N2S. The van der Waals surface area contributed by atoms with Crippen molar-refractivity contribution in [2.75, 3.05) is 12.0 Å². The summed E-state index contributed by atoms with van der Waals surface area (Å²) in [6, 6.07) is 0.481. The van der Waals surface area contributed by atoms with Gasteiger partial charge in [-0.1, -0.05) is 13.8 Å². The number of hydrazine groups is 1. The van der Waals surface area contributed by atoms with Gasteiger partial charge in [0.05, 0.1) is 0 Å². The van der Waals surface area contributed by atoms with Gasteiger partial charge in [0.15, 0.2) is 0 Å². The first-order valence-electron chi connectivity index (χ1n) is 3.65. The second-order valence-electron chi connectivity index (χ2n) is 2.95. The van der Waals surface area contributed by atoms with Crippen molar-refractivity contribution in [3.05, 3.63) is 0 Å². The van der Waals surface area contributed by atoms with E-state index < -0.39 is 0 Å². The lowest BCUT2D eigenvalue weighted by Gasteiger charge is -2.16. The maximum absolute atomic E-state index is 5.34. The maximum atomic E-state index is 5.34. The fourth-order valence-corrected chi connectivity index (χ4v) is 1.59. The van der Waals surface area contributed by atoms with E-state index >= 15 is 0 Å². The highest BCUT2D eigenvalue weighted by Gasteiger charge is 2.06. The van der Waals surface area contributed by atoms with E-state index in [1.165, 1.54) is 0 Å². The third kappa shape index (κ3) is 5.09. The van der Waals surface area contributed by atoms with E-state index in [0.29, 0.717) is 6.04 Å². The second-order valence-corrected chi connectivity index (χ2v) is 3.86. The van der Waals surface area contributed by atoms with E-state index in [9.17, 15) is 0 Å². The molecule has 3 heteroatoms. The van der Waals surface area contributed by atoms with Crippen LogP contribution in [0, 0.1) is 5.92 Å². The van der Waals surface area contributed by atoms with Crippen molar-refractivity contribution in [3.63, 3.8) is 0 Å². The van der Waals surface area contributed by atoms with Crippen molar-refractivity contribution < 1.29 is 0 Å². The van der Waals surface area contributed by atoms with Crippen molar-refractivity contribution in [2.24, 2.45) is 11.8 Å². The van der Waals surface area contributed by atoms with Gasteiger partial charge in [-0.3, -0.25) is 11.3 Å². The molecule has 0 amide bonds. The minimum Gasteiger partial charge on any atom is -0.271 e. The van der Waals surface area contributed by atoms with E-state index in [-0.39, 0.29) is 0 Å². The number of nitrogens with two attached hydrogens (primary N) is 1. The minimum atomic E-state index is 0.481. The molecule has 0 aromatic carbocycles. The molecule has 0 fully saturated rings. The fourth-order valence-electron chi connectivity index (χ4n) is 0.954. The lowest BCUT2D eigenvalue weighted by atomic mass is 10.1. The minimum absolute atomic E-state index is 0.481. The molecule has 0 saturated carbocycles. The molecule has 0 radical (unpaired) electrons. The van der Waals surface area contributed by atoms with Gasteiger partial charge in [0, 0.05) is 11.8 Å². The van der Waals surface area contributed by atoms with Crippen LogP contribution >= 0.6 is 11.8 Å². The standard InChI is InChI=1S/C7H18N2S/c1-6(2)4-7(9-8)5-10-3/h6-7,9H,4-5,8H2,1-3H3. The molecule has 1 atom stereocenters. The Morgan fingerprint density at radius 2 is 2.10 bits per heavy atom. The van der Waals surface area contributed by atoms with E-state index in [0.717, 1.165) is 18.1 Å². The number of hydrogen-bond donors (Lipinski definition) is 2. The average molecular weight is 162 g/mol. The van der Waals surface area contributed by atoms with Gasteiger partial charge >= 0.3 is 0 Å². The topological polar surface area (TPSA) is 38.0 Å². The first kappa shape index (κ1) is 10.3. The molecule has 0 saturated heterocycles. The van der Waals surface area contributed by atoms with Crippen LogP contribution in [-0.4, -0.2) is 18.1 Å². The first-order valence-corrected chi connectivity index (χ1v) is 5.05. The third-order valence-corrected chi connectivity index (χ3v) is 2.10. The van der Waals surface area contributed by atoms with Crippen molar-refractivity contribution in [1.29, 1.82) is 0 Å². The molecule has 0 aliphatic heterocycles.